The number of amides is 1. The second-order valence-corrected chi connectivity index (χ2v) is 3.24. The first-order valence-electron chi connectivity index (χ1n) is 4.59. The molecule has 5 heteroatoms. The summed E-state index contributed by atoms with van der Waals surface area (Å²) in [6, 6.07) is -0.436. The monoisotopic (exact) mass is 196 g/mol. The summed E-state index contributed by atoms with van der Waals surface area (Å²) in [6.07, 6.45) is 1.81. The van der Waals surface area contributed by atoms with Gasteiger partial charge in [0.2, 0.25) is 5.91 Å². The molecule has 0 fully saturated rings. The van der Waals surface area contributed by atoms with Crippen molar-refractivity contribution < 1.29 is 4.79 Å². The number of aryl methyl sites for hydroxylation is 2. The third kappa shape index (κ3) is 2.11. The van der Waals surface area contributed by atoms with E-state index in [1.807, 2.05) is 27.1 Å². The molecular formula is C9H16N4O. The van der Waals surface area contributed by atoms with Crippen LogP contribution in [-0.2, 0) is 11.8 Å². The lowest BCUT2D eigenvalue weighted by atomic mass is 10.1. The minimum atomic E-state index is -0.436. The summed E-state index contributed by atoms with van der Waals surface area (Å²) in [7, 11) is 1.82. The lowest BCUT2D eigenvalue weighted by Crippen LogP contribution is -2.33. The molecule has 1 aromatic rings. The molecule has 1 unspecified atom stereocenters. The molecule has 1 aromatic heterocycles. The molecular weight excluding hydrogens is 180 g/mol. The van der Waals surface area contributed by atoms with Gasteiger partial charge in [0.25, 0.3) is 0 Å². The largest absolute Gasteiger partial charge is 0.368 e. The smallest absolute Gasteiger partial charge is 0.239 e. The van der Waals surface area contributed by atoms with Crippen LogP contribution in [0.15, 0.2) is 6.20 Å². The molecule has 0 aliphatic heterocycles. The van der Waals surface area contributed by atoms with Gasteiger partial charge in [-0.15, -0.1) is 0 Å². The Morgan fingerprint density at radius 3 is 2.79 bits per heavy atom. The minimum Gasteiger partial charge on any atom is -0.368 e. The quantitative estimate of drug-likeness (QED) is 0.704. The summed E-state index contributed by atoms with van der Waals surface area (Å²) < 4.78 is 1.68. The Morgan fingerprint density at radius 1 is 1.79 bits per heavy atom. The van der Waals surface area contributed by atoms with Gasteiger partial charge in [-0.05, 0) is 13.5 Å². The third-order valence-corrected chi connectivity index (χ3v) is 2.06. The summed E-state index contributed by atoms with van der Waals surface area (Å²) in [5, 5.41) is 7.19. The van der Waals surface area contributed by atoms with Crippen molar-refractivity contribution in [3.8, 4) is 0 Å². The number of hydrogen-bond donors (Lipinski definition) is 2. The molecule has 0 aliphatic rings. The van der Waals surface area contributed by atoms with Crippen LogP contribution in [0.2, 0.25) is 0 Å². The van der Waals surface area contributed by atoms with Crippen LogP contribution in [-0.4, -0.2) is 22.2 Å². The molecule has 3 N–H and O–H groups in total. The Bertz CT molecular complexity index is 332. The van der Waals surface area contributed by atoms with E-state index in [4.69, 9.17) is 5.73 Å². The van der Waals surface area contributed by atoms with Gasteiger partial charge in [0.05, 0.1) is 5.69 Å². The van der Waals surface area contributed by atoms with E-state index in [9.17, 15) is 4.79 Å². The van der Waals surface area contributed by atoms with Crippen molar-refractivity contribution in [3.05, 3.63) is 17.5 Å². The highest BCUT2D eigenvalue weighted by molar-refractivity contribution is 5.81. The van der Waals surface area contributed by atoms with Gasteiger partial charge in [-0.3, -0.25) is 9.48 Å². The molecule has 0 radical (unpaired) electrons. The van der Waals surface area contributed by atoms with Crippen LogP contribution < -0.4 is 11.1 Å². The van der Waals surface area contributed by atoms with E-state index in [-0.39, 0.29) is 5.91 Å². The average Bonchev–Trinajstić information content (AvgIpc) is 2.40. The highest BCUT2D eigenvalue weighted by Crippen LogP contribution is 2.15. The Morgan fingerprint density at radius 2 is 2.43 bits per heavy atom. The van der Waals surface area contributed by atoms with Crippen molar-refractivity contribution in [1.82, 2.24) is 15.1 Å². The summed E-state index contributed by atoms with van der Waals surface area (Å²) in [4.78, 5) is 11.2. The van der Waals surface area contributed by atoms with Crippen LogP contribution in [0.5, 0.6) is 0 Å². The van der Waals surface area contributed by atoms with Crippen molar-refractivity contribution in [2.45, 2.75) is 19.9 Å². The molecule has 1 rings (SSSR count). The molecule has 0 aliphatic carbocycles. The zero-order chi connectivity index (χ0) is 10.7. The topological polar surface area (TPSA) is 72.9 Å². The summed E-state index contributed by atoms with van der Waals surface area (Å²) in [5.74, 6) is -0.372. The zero-order valence-electron chi connectivity index (χ0n) is 8.74. The molecule has 78 valence electrons. The molecule has 1 amide bonds. The van der Waals surface area contributed by atoms with Gasteiger partial charge in [-0.25, -0.2) is 0 Å². The number of likely N-dealkylation sites (N-methyl/N-ethyl adjacent to an activating group) is 1. The standard InChI is InChI=1S/C9H16N4O/c1-4-11-8(9(10)14)7-5-13(3)12-6(7)2/h5,8,11H,4H2,1-3H3,(H2,10,14). The second kappa shape index (κ2) is 4.23. The van der Waals surface area contributed by atoms with Crippen LogP contribution in [0.4, 0.5) is 0 Å². The number of nitrogens with two attached hydrogens (primary N) is 1. The van der Waals surface area contributed by atoms with Gasteiger partial charge in [0.1, 0.15) is 6.04 Å². The van der Waals surface area contributed by atoms with Crippen LogP contribution in [0, 0.1) is 6.92 Å². The number of carbonyl (C=O) groups excluding carboxylic acids is 1. The van der Waals surface area contributed by atoms with E-state index >= 15 is 0 Å². The highest BCUT2D eigenvalue weighted by atomic mass is 16.1. The van der Waals surface area contributed by atoms with E-state index < -0.39 is 6.04 Å². The van der Waals surface area contributed by atoms with Gasteiger partial charge in [0.15, 0.2) is 0 Å². The van der Waals surface area contributed by atoms with E-state index in [0.717, 1.165) is 11.3 Å². The average molecular weight is 196 g/mol. The predicted octanol–water partition coefficient (Wildman–Crippen LogP) is -0.136. The van der Waals surface area contributed by atoms with Crippen molar-refractivity contribution >= 4 is 5.91 Å². The maximum absolute atomic E-state index is 11.2. The van der Waals surface area contributed by atoms with E-state index in [0.29, 0.717) is 6.54 Å². The molecule has 1 heterocycles. The number of rotatable bonds is 4. The Hall–Kier alpha value is -1.36. The van der Waals surface area contributed by atoms with E-state index in [1.165, 1.54) is 0 Å². The van der Waals surface area contributed by atoms with Crippen molar-refractivity contribution in [3.63, 3.8) is 0 Å². The van der Waals surface area contributed by atoms with E-state index in [1.54, 1.807) is 4.68 Å². The number of nitrogens with zero attached hydrogens (tertiary/aromatic N) is 2. The predicted molar refractivity (Wildman–Crippen MR) is 53.6 cm³/mol. The molecule has 0 bridgehead atoms. The number of hydrogen-bond acceptors (Lipinski definition) is 3. The van der Waals surface area contributed by atoms with Crippen molar-refractivity contribution in [1.29, 1.82) is 0 Å². The molecule has 14 heavy (non-hydrogen) atoms. The first-order chi connectivity index (χ1) is 6.56. The highest BCUT2D eigenvalue weighted by Gasteiger charge is 2.20. The van der Waals surface area contributed by atoms with Crippen LogP contribution in [0.1, 0.15) is 24.2 Å². The molecule has 1 atom stereocenters. The summed E-state index contributed by atoms with van der Waals surface area (Å²) in [5.41, 5.74) is 6.97. The lowest BCUT2D eigenvalue weighted by molar-refractivity contribution is -0.120. The van der Waals surface area contributed by atoms with Crippen LogP contribution in [0.25, 0.3) is 0 Å². The Balaban J connectivity index is 2.98. The third-order valence-electron chi connectivity index (χ3n) is 2.06. The van der Waals surface area contributed by atoms with Gasteiger partial charge in [-0.2, -0.15) is 5.10 Å². The number of nitrogens with one attached hydrogen (secondary N) is 1. The molecule has 0 spiro atoms. The Labute approximate surface area is 83.3 Å². The lowest BCUT2D eigenvalue weighted by Gasteiger charge is -2.12. The molecule has 0 saturated carbocycles. The fourth-order valence-corrected chi connectivity index (χ4v) is 1.47. The molecule has 0 saturated heterocycles. The van der Waals surface area contributed by atoms with Crippen LogP contribution in [0.3, 0.4) is 0 Å². The summed E-state index contributed by atoms with van der Waals surface area (Å²) >= 11 is 0. The van der Waals surface area contributed by atoms with Gasteiger partial charge in [0, 0.05) is 18.8 Å². The molecule has 5 nitrogen and oxygen atoms in total. The maximum atomic E-state index is 11.2. The van der Waals surface area contributed by atoms with Gasteiger partial charge in [-0.1, -0.05) is 6.92 Å². The van der Waals surface area contributed by atoms with Crippen molar-refractivity contribution in [2.75, 3.05) is 6.54 Å². The first kappa shape index (κ1) is 10.7. The van der Waals surface area contributed by atoms with Crippen LogP contribution >= 0.6 is 0 Å². The SMILES string of the molecule is CCNC(C(N)=O)c1cn(C)nc1C. The molecule has 0 aromatic carbocycles. The Kier molecular flexibility index (Phi) is 3.24. The summed E-state index contributed by atoms with van der Waals surface area (Å²) in [6.45, 7) is 4.49. The number of primary amides is 1. The maximum Gasteiger partial charge on any atom is 0.239 e. The van der Waals surface area contributed by atoms with Gasteiger partial charge >= 0.3 is 0 Å². The fourth-order valence-electron chi connectivity index (χ4n) is 1.47. The zero-order valence-corrected chi connectivity index (χ0v) is 8.74. The number of carbonyl (C=O) groups is 1. The fraction of sp³-hybridized carbons (Fsp3) is 0.556. The van der Waals surface area contributed by atoms with Crippen molar-refractivity contribution in [2.24, 2.45) is 12.8 Å². The first-order valence-corrected chi connectivity index (χ1v) is 4.59. The number of aromatic nitrogens is 2. The van der Waals surface area contributed by atoms with Gasteiger partial charge < -0.3 is 11.1 Å². The second-order valence-electron chi connectivity index (χ2n) is 3.24. The van der Waals surface area contributed by atoms with E-state index in [2.05, 4.69) is 10.4 Å². The normalized spacial score (nSPS) is 12.8. The minimum absolute atomic E-state index is 0.372.